The van der Waals surface area contributed by atoms with Crippen LogP contribution in [0.15, 0.2) is 227 Å². The Morgan fingerprint density at radius 2 is 0.797 bits per heavy atom. The minimum atomic E-state index is 0.597. The largest absolute Gasteiger partial charge is 0.456 e. The Labute approximate surface area is 341 Å². The topological polar surface area (TPSA) is 42.4 Å². The van der Waals surface area contributed by atoms with Gasteiger partial charge < -0.3 is 13.7 Å². The van der Waals surface area contributed by atoms with Crippen molar-refractivity contribution in [2.45, 2.75) is 0 Å². The first-order valence-electron chi connectivity index (χ1n) is 19.9. The van der Waals surface area contributed by atoms with Crippen molar-refractivity contribution in [1.82, 2.24) is 4.98 Å². The molecule has 0 N–H and O–H groups in total. The average Bonchev–Trinajstić information content (AvgIpc) is 3.92. The highest BCUT2D eigenvalue weighted by Crippen LogP contribution is 2.43. The highest BCUT2D eigenvalue weighted by molar-refractivity contribution is 6.17. The molecule has 0 amide bonds. The number of oxazole rings is 1. The van der Waals surface area contributed by atoms with Crippen molar-refractivity contribution in [2.75, 3.05) is 4.90 Å². The summed E-state index contributed by atoms with van der Waals surface area (Å²) in [6.45, 7) is 0. The number of hydrogen-bond acceptors (Lipinski definition) is 4. The molecule has 59 heavy (non-hydrogen) atoms. The molecule has 0 atom stereocenters. The van der Waals surface area contributed by atoms with Gasteiger partial charge in [0.25, 0.3) is 0 Å². The first kappa shape index (κ1) is 34.3. The van der Waals surface area contributed by atoms with Gasteiger partial charge in [-0.3, -0.25) is 0 Å². The maximum Gasteiger partial charge on any atom is 0.227 e. The van der Waals surface area contributed by atoms with Gasteiger partial charge in [-0.25, -0.2) is 4.98 Å². The third-order valence-corrected chi connectivity index (χ3v) is 11.2. The predicted molar refractivity (Wildman–Crippen MR) is 243 cm³/mol. The number of nitrogens with zero attached hydrogens (tertiary/aromatic N) is 2. The summed E-state index contributed by atoms with van der Waals surface area (Å²) in [7, 11) is 0. The Hall–Kier alpha value is -7.95. The van der Waals surface area contributed by atoms with Crippen LogP contribution in [0.25, 0.3) is 89.0 Å². The fraction of sp³-hybridized carbons (Fsp3) is 0. The van der Waals surface area contributed by atoms with Crippen LogP contribution in [-0.2, 0) is 0 Å². The molecule has 0 radical (unpaired) electrons. The predicted octanol–water partition coefficient (Wildman–Crippen LogP) is 15.5. The molecule has 2 heterocycles. The van der Waals surface area contributed by atoms with E-state index in [1.807, 2.05) is 42.5 Å². The van der Waals surface area contributed by atoms with Crippen molar-refractivity contribution in [1.29, 1.82) is 0 Å². The summed E-state index contributed by atoms with van der Waals surface area (Å²) < 4.78 is 12.6. The Bertz CT molecular complexity index is 3220. The number of fused-ring (bicyclic) bond motifs is 5. The molecule has 0 aliphatic carbocycles. The first-order valence-corrected chi connectivity index (χ1v) is 19.9. The van der Waals surface area contributed by atoms with Gasteiger partial charge in [-0.05, 0) is 106 Å². The first-order chi connectivity index (χ1) is 29.2. The number of hydrogen-bond donors (Lipinski definition) is 0. The fourth-order valence-corrected chi connectivity index (χ4v) is 8.19. The number of furan rings is 1. The lowest BCUT2D eigenvalue weighted by Crippen LogP contribution is -2.11. The number of aromatic nitrogens is 1. The Morgan fingerprint density at radius 3 is 1.42 bits per heavy atom. The van der Waals surface area contributed by atoms with E-state index < -0.39 is 0 Å². The molecular weight excluding hydrogens is 721 g/mol. The van der Waals surface area contributed by atoms with Crippen LogP contribution in [0.2, 0.25) is 0 Å². The lowest BCUT2D eigenvalue weighted by atomic mass is 9.98. The maximum atomic E-state index is 6.34. The van der Waals surface area contributed by atoms with Gasteiger partial charge in [0.1, 0.15) is 16.7 Å². The van der Waals surface area contributed by atoms with E-state index in [1.165, 1.54) is 22.3 Å². The van der Waals surface area contributed by atoms with Gasteiger partial charge in [0.15, 0.2) is 5.58 Å². The Kier molecular flexibility index (Phi) is 8.45. The SMILES string of the molecule is c1ccc(-c2ccc(-c3ccccc3N(c3ccc(-c4ccccc4)cc3)c3ccc(-c4ccc5oc6ccc7oc(-c8ccccc8)nc7c6c5c4)cc3)cc2)cc1. The van der Waals surface area contributed by atoms with Gasteiger partial charge in [0.2, 0.25) is 5.89 Å². The molecule has 0 aliphatic heterocycles. The number of para-hydroxylation sites is 1. The summed E-state index contributed by atoms with van der Waals surface area (Å²) in [5, 5.41) is 1.97. The van der Waals surface area contributed by atoms with Crippen molar-refractivity contribution >= 4 is 50.1 Å². The zero-order chi connectivity index (χ0) is 39.1. The number of anilines is 3. The molecule has 0 bridgehead atoms. The maximum absolute atomic E-state index is 6.34. The molecule has 2 aromatic heterocycles. The molecule has 0 saturated carbocycles. The second kappa shape index (κ2) is 14.5. The monoisotopic (exact) mass is 756 g/mol. The third kappa shape index (κ3) is 6.34. The van der Waals surface area contributed by atoms with E-state index in [2.05, 4.69) is 181 Å². The quantitative estimate of drug-likeness (QED) is 0.155. The van der Waals surface area contributed by atoms with Gasteiger partial charge in [0.05, 0.1) is 11.1 Å². The van der Waals surface area contributed by atoms with Crippen LogP contribution in [0.5, 0.6) is 0 Å². The molecule has 9 aromatic carbocycles. The summed E-state index contributed by atoms with van der Waals surface area (Å²) in [4.78, 5) is 7.32. The zero-order valence-electron chi connectivity index (χ0n) is 32.0. The van der Waals surface area contributed by atoms with E-state index in [-0.39, 0.29) is 0 Å². The highest BCUT2D eigenvalue weighted by Gasteiger charge is 2.20. The highest BCUT2D eigenvalue weighted by atomic mass is 16.4. The van der Waals surface area contributed by atoms with E-state index in [0.717, 1.165) is 77.9 Å². The van der Waals surface area contributed by atoms with Crippen molar-refractivity contribution in [3.8, 4) is 56.0 Å². The van der Waals surface area contributed by atoms with Crippen LogP contribution >= 0.6 is 0 Å². The fourth-order valence-electron chi connectivity index (χ4n) is 8.19. The van der Waals surface area contributed by atoms with Crippen LogP contribution in [0.3, 0.4) is 0 Å². The second-order valence-electron chi connectivity index (χ2n) is 14.7. The molecule has 0 aliphatic rings. The molecule has 0 spiro atoms. The summed E-state index contributed by atoms with van der Waals surface area (Å²) in [5.74, 6) is 0.597. The lowest BCUT2D eigenvalue weighted by molar-refractivity contribution is 0.619. The van der Waals surface area contributed by atoms with E-state index in [9.17, 15) is 0 Å². The smallest absolute Gasteiger partial charge is 0.227 e. The number of benzene rings is 9. The summed E-state index contributed by atoms with van der Waals surface area (Å²) in [5.41, 5.74) is 16.6. The van der Waals surface area contributed by atoms with Crippen LogP contribution < -0.4 is 4.90 Å². The standard InChI is InChI=1S/C55H36N2O2/c1-4-12-37(13-5-1)39-20-22-42(23-21-39)47-18-10-11-19-49(47)57(45-29-24-40(25-30-45)38-14-6-2-7-15-38)46-31-26-41(27-32-46)44-28-33-50-48(36-44)53-51(58-50)34-35-52-54(53)56-55(59-52)43-16-8-3-9-17-43/h1-36H. The van der Waals surface area contributed by atoms with Gasteiger partial charge >= 0.3 is 0 Å². The molecule has 0 fully saturated rings. The van der Waals surface area contributed by atoms with Crippen molar-refractivity contribution in [2.24, 2.45) is 0 Å². The normalized spacial score (nSPS) is 11.4. The van der Waals surface area contributed by atoms with Crippen molar-refractivity contribution in [3.63, 3.8) is 0 Å². The molecule has 278 valence electrons. The van der Waals surface area contributed by atoms with Gasteiger partial charge in [0, 0.05) is 27.9 Å². The summed E-state index contributed by atoms with van der Waals surface area (Å²) in [6.07, 6.45) is 0. The lowest BCUT2D eigenvalue weighted by Gasteiger charge is -2.28. The van der Waals surface area contributed by atoms with Crippen LogP contribution in [-0.4, -0.2) is 4.98 Å². The minimum absolute atomic E-state index is 0.597. The van der Waals surface area contributed by atoms with E-state index >= 15 is 0 Å². The van der Waals surface area contributed by atoms with E-state index in [4.69, 9.17) is 13.8 Å². The molecule has 11 rings (SSSR count). The van der Waals surface area contributed by atoms with Crippen LogP contribution in [0, 0.1) is 0 Å². The van der Waals surface area contributed by atoms with Crippen molar-refractivity contribution < 1.29 is 8.83 Å². The average molecular weight is 757 g/mol. The zero-order valence-corrected chi connectivity index (χ0v) is 32.0. The second-order valence-corrected chi connectivity index (χ2v) is 14.7. The molecule has 0 saturated heterocycles. The third-order valence-electron chi connectivity index (χ3n) is 11.2. The van der Waals surface area contributed by atoms with Gasteiger partial charge in [-0.1, -0.05) is 152 Å². The molecule has 11 aromatic rings. The molecular formula is C55H36N2O2. The van der Waals surface area contributed by atoms with E-state index in [0.29, 0.717) is 5.89 Å². The Morgan fingerprint density at radius 1 is 0.339 bits per heavy atom. The van der Waals surface area contributed by atoms with Crippen LogP contribution in [0.4, 0.5) is 17.1 Å². The summed E-state index contributed by atoms with van der Waals surface area (Å²) in [6, 6.07) is 76.6. The summed E-state index contributed by atoms with van der Waals surface area (Å²) >= 11 is 0. The van der Waals surface area contributed by atoms with Crippen LogP contribution in [0.1, 0.15) is 0 Å². The molecule has 4 heteroatoms. The minimum Gasteiger partial charge on any atom is -0.456 e. The van der Waals surface area contributed by atoms with Gasteiger partial charge in [-0.15, -0.1) is 0 Å². The number of rotatable bonds is 8. The van der Waals surface area contributed by atoms with E-state index in [1.54, 1.807) is 0 Å². The Balaban J connectivity index is 0.993. The molecule has 0 unspecified atom stereocenters. The molecule has 4 nitrogen and oxygen atoms in total. The van der Waals surface area contributed by atoms with Gasteiger partial charge in [-0.2, -0.15) is 0 Å². The van der Waals surface area contributed by atoms with Crippen molar-refractivity contribution in [3.05, 3.63) is 218 Å².